The lowest BCUT2D eigenvalue weighted by molar-refractivity contribution is -0.139. The van der Waals surface area contributed by atoms with Gasteiger partial charge in [0.25, 0.3) is 0 Å². The highest BCUT2D eigenvalue weighted by Crippen LogP contribution is 2.00. The Kier molecular flexibility index (Phi) is 3.08. The SMILES string of the molecule is COC(=O)Cc1c[nH]c(Cl)cc1=O. The summed E-state index contributed by atoms with van der Waals surface area (Å²) in [7, 11) is 1.27. The van der Waals surface area contributed by atoms with Crippen LogP contribution in [-0.4, -0.2) is 18.1 Å². The zero-order valence-corrected chi connectivity index (χ0v) is 7.72. The highest BCUT2D eigenvalue weighted by molar-refractivity contribution is 6.29. The van der Waals surface area contributed by atoms with Gasteiger partial charge in [0.15, 0.2) is 5.43 Å². The molecular formula is C8H8ClNO3. The van der Waals surface area contributed by atoms with Crippen LogP contribution in [0.4, 0.5) is 0 Å². The number of rotatable bonds is 2. The second kappa shape index (κ2) is 4.09. The number of pyridine rings is 1. The minimum Gasteiger partial charge on any atom is -0.469 e. The van der Waals surface area contributed by atoms with E-state index in [1.807, 2.05) is 0 Å². The van der Waals surface area contributed by atoms with Gasteiger partial charge in [0.05, 0.1) is 13.5 Å². The lowest BCUT2D eigenvalue weighted by Gasteiger charge is -1.98. The van der Waals surface area contributed by atoms with E-state index in [4.69, 9.17) is 11.6 Å². The molecule has 0 bridgehead atoms. The van der Waals surface area contributed by atoms with Crippen molar-refractivity contribution in [3.63, 3.8) is 0 Å². The lowest BCUT2D eigenvalue weighted by atomic mass is 10.2. The van der Waals surface area contributed by atoms with E-state index in [9.17, 15) is 9.59 Å². The van der Waals surface area contributed by atoms with Crippen LogP contribution in [0.15, 0.2) is 17.1 Å². The second-order valence-electron chi connectivity index (χ2n) is 2.42. The summed E-state index contributed by atoms with van der Waals surface area (Å²) < 4.78 is 4.41. The smallest absolute Gasteiger partial charge is 0.310 e. The molecule has 0 unspecified atom stereocenters. The molecule has 0 aromatic carbocycles. The van der Waals surface area contributed by atoms with Crippen molar-refractivity contribution in [2.75, 3.05) is 7.11 Å². The third-order valence-electron chi connectivity index (χ3n) is 1.52. The molecule has 0 aliphatic heterocycles. The summed E-state index contributed by atoms with van der Waals surface area (Å²) in [4.78, 5) is 24.6. The largest absolute Gasteiger partial charge is 0.469 e. The summed E-state index contributed by atoms with van der Waals surface area (Å²) >= 11 is 5.52. The predicted molar refractivity (Wildman–Crippen MR) is 47.8 cm³/mol. The van der Waals surface area contributed by atoms with E-state index >= 15 is 0 Å². The Balaban J connectivity index is 2.90. The lowest BCUT2D eigenvalue weighted by Crippen LogP contribution is -2.14. The first-order chi connectivity index (χ1) is 6.13. The van der Waals surface area contributed by atoms with Gasteiger partial charge in [-0.3, -0.25) is 9.59 Å². The number of nitrogens with one attached hydrogen (secondary N) is 1. The highest BCUT2D eigenvalue weighted by atomic mass is 35.5. The van der Waals surface area contributed by atoms with Crippen molar-refractivity contribution >= 4 is 17.6 Å². The molecule has 1 aromatic heterocycles. The monoisotopic (exact) mass is 201 g/mol. The minimum atomic E-state index is -0.451. The van der Waals surface area contributed by atoms with Gasteiger partial charge in [-0.1, -0.05) is 11.6 Å². The molecule has 0 atom stereocenters. The van der Waals surface area contributed by atoms with Crippen molar-refractivity contribution < 1.29 is 9.53 Å². The van der Waals surface area contributed by atoms with Crippen LogP contribution in [0, 0.1) is 0 Å². The molecule has 0 saturated heterocycles. The van der Waals surface area contributed by atoms with E-state index in [-0.39, 0.29) is 17.0 Å². The van der Waals surface area contributed by atoms with Crippen molar-refractivity contribution in [2.24, 2.45) is 0 Å². The van der Waals surface area contributed by atoms with E-state index in [1.54, 1.807) is 0 Å². The maximum absolute atomic E-state index is 11.2. The molecule has 1 heterocycles. The maximum atomic E-state index is 11.2. The fourth-order valence-electron chi connectivity index (χ4n) is 0.842. The summed E-state index contributed by atoms with van der Waals surface area (Å²) in [5, 5.41) is 0.249. The predicted octanol–water partition coefficient (Wildman–Crippen LogP) is 0.744. The first-order valence-corrected chi connectivity index (χ1v) is 3.95. The van der Waals surface area contributed by atoms with Crippen molar-refractivity contribution in [1.29, 1.82) is 0 Å². The van der Waals surface area contributed by atoms with Crippen LogP contribution in [-0.2, 0) is 16.0 Å². The summed E-state index contributed by atoms with van der Waals surface area (Å²) in [6, 6.07) is 1.22. The molecule has 5 heteroatoms. The first kappa shape index (κ1) is 9.80. The zero-order chi connectivity index (χ0) is 9.84. The van der Waals surface area contributed by atoms with Crippen molar-refractivity contribution in [3.05, 3.63) is 33.2 Å². The van der Waals surface area contributed by atoms with Crippen LogP contribution in [0.5, 0.6) is 0 Å². The van der Waals surface area contributed by atoms with Crippen LogP contribution in [0.2, 0.25) is 5.15 Å². The standard InChI is InChI=1S/C8H8ClNO3/c1-13-8(12)2-5-4-10-7(9)3-6(5)11/h3-4H,2H2,1H3,(H,10,11). The van der Waals surface area contributed by atoms with E-state index in [2.05, 4.69) is 9.72 Å². The van der Waals surface area contributed by atoms with E-state index in [1.165, 1.54) is 19.4 Å². The number of carbonyl (C=O) groups excluding carboxylic acids is 1. The number of H-pyrrole nitrogens is 1. The number of carbonyl (C=O) groups is 1. The molecule has 70 valence electrons. The van der Waals surface area contributed by atoms with Crippen LogP contribution in [0.25, 0.3) is 0 Å². The Morgan fingerprint density at radius 1 is 1.69 bits per heavy atom. The number of aromatic amines is 1. The van der Waals surface area contributed by atoms with Gasteiger partial charge in [-0.05, 0) is 0 Å². The van der Waals surface area contributed by atoms with Gasteiger partial charge in [0.2, 0.25) is 0 Å². The Labute approximate surface area is 79.5 Å². The van der Waals surface area contributed by atoms with Gasteiger partial charge < -0.3 is 9.72 Å². The molecular weight excluding hydrogens is 194 g/mol. The Bertz CT molecular complexity index is 372. The molecule has 0 fully saturated rings. The molecule has 4 nitrogen and oxygen atoms in total. The van der Waals surface area contributed by atoms with Gasteiger partial charge in [-0.25, -0.2) is 0 Å². The van der Waals surface area contributed by atoms with Crippen molar-refractivity contribution in [1.82, 2.24) is 4.98 Å². The zero-order valence-electron chi connectivity index (χ0n) is 6.96. The number of esters is 1. The third-order valence-corrected chi connectivity index (χ3v) is 1.74. The topological polar surface area (TPSA) is 59.2 Å². The number of halogens is 1. The fraction of sp³-hybridized carbons (Fsp3) is 0.250. The maximum Gasteiger partial charge on any atom is 0.310 e. The van der Waals surface area contributed by atoms with Crippen molar-refractivity contribution in [3.8, 4) is 0 Å². The molecule has 0 aliphatic rings. The van der Waals surface area contributed by atoms with E-state index < -0.39 is 5.97 Å². The highest BCUT2D eigenvalue weighted by Gasteiger charge is 2.06. The average molecular weight is 202 g/mol. The molecule has 1 aromatic rings. The van der Waals surface area contributed by atoms with E-state index in [0.29, 0.717) is 5.56 Å². The minimum absolute atomic E-state index is 0.0387. The molecule has 0 aliphatic carbocycles. The van der Waals surface area contributed by atoms with Gasteiger partial charge in [-0.2, -0.15) is 0 Å². The second-order valence-corrected chi connectivity index (χ2v) is 2.83. The van der Waals surface area contributed by atoms with Crippen LogP contribution >= 0.6 is 11.6 Å². The molecule has 13 heavy (non-hydrogen) atoms. The van der Waals surface area contributed by atoms with Crippen LogP contribution < -0.4 is 5.43 Å². The third kappa shape index (κ3) is 2.59. The molecule has 0 amide bonds. The fourth-order valence-corrected chi connectivity index (χ4v) is 0.996. The van der Waals surface area contributed by atoms with Crippen LogP contribution in [0.1, 0.15) is 5.56 Å². The Morgan fingerprint density at radius 2 is 2.38 bits per heavy atom. The number of hydrogen-bond donors (Lipinski definition) is 1. The summed E-state index contributed by atoms with van der Waals surface area (Å²) in [5.74, 6) is -0.451. The Hall–Kier alpha value is -1.29. The molecule has 0 saturated carbocycles. The first-order valence-electron chi connectivity index (χ1n) is 3.57. The molecule has 0 radical (unpaired) electrons. The molecule has 1 N–H and O–H groups in total. The van der Waals surface area contributed by atoms with Crippen LogP contribution in [0.3, 0.4) is 0 Å². The summed E-state index contributed by atoms with van der Waals surface area (Å²) in [5.41, 5.74) is 0.0744. The molecule has 1 rings (SSSR count). The number of ether oxygens (including phenoxy) is 1. The number of methoxy groups -OCH3 is 1. The summed E-state index contributed by atoms with van der Waals surface area (Å²) in [6.45, 7) is 0. The van der Waals surface area contributed by atoms with Gasteiger partial charge >= 0.3 is 5.97 Å². The normalized spacial score (nSPS) is 9.69. The van der Waals surface area contributed by atoms with E-state index in [0.717, 1.165) is 0 Å². The number of hydrogen-bond acceptors (Lipinski definition) is 3. The average Bonchev–Trinajstić information content (AvgIpc) is 2.09. The Morgan fingerprint density at radius 3 is 2.92 bits per heavy atom. The number of aromatic nitrogens is 1. The summed E-state index contributed by atoms with van der Waals surface area (Å²) in [6.07, 6.45) is 1.37. The van der Waals surface area contributed by atoms with Gasteiger partial charge in [0.1, 0.15) is 5.15 Å². The molecule has 0 spiro atoms. The quantitative estimate of drug-likeness (QED) is 0.567. The van der Waals surface area contributed by atoms with Gasteiger partial charge in [0, 0.05) is 17.8 Å². The van der Waals surface area contributed by atoms with Gasteiger partial charge in [-0.15, -0.1) is 0 Å². The van der Waals surface area contributed by atoms with Crippen molar-refractivity contribution in [2.45, 2.75) is 6.42 Å².